The molecule has 2 heterocycles. The molecule has 2 aliphatic rings. The number of benzene rings is 2. The Balaban J connectivity index is 0.000000839. The monoisotopic (exact) mass is 726 g/mol. The largest absolute Gasteiger partial charge is 0.759 e. The van der Waals surface area contributed by atoms with Crippen LogP contribution in [0.15, 0.2) is 48.5 Å². The van der Waals surface area contributed by atoms with E-state index in [2.05, 4.69) is 98.3 Å². The SMILES string of the molecule is Cc1cc(N(CCC#N)CCN2C(=O)CCC2=O)ccc1/C=C/C1N(C)c2ccccc2C1(C)C.O=S(=O)([O-])[O-].O=S(=O)([O-])[O-].[Zn]. The van der Waals surface area contributed by atoms with Gasteiger partial charge in [-0.3, -0.25) is 31.3 Å². The first-order chi connectivity index (χ1) is 20.7. The third-order valence-electron chi connectivity index (χ3n) is 7.45. The van der Waals surface area contributed by atoms with Crippen LogP contribution in [0.25, 0.3) is 6.08 Å². The molecule has 0 N–H and O–H groups in total. The van der Waals surface area contributed by atoms with E-state index >= 15 is 0 Å². The number of amides is 2. The van der Waals surface area contributed by atoms with Crippen LogP contribution in [0, 0.1) is 18.3 Å². The molecule has 0 radical (unpaired) electrons. The van der Waals surface area contributed by atoms with Crippen molar-refractivity contribution in [2.75, 3.05) is 36.5 Å². The summed E-state index contributed by atoms with van der Waals surface area (Å²) < 4.78 is 68.2. The maximum absolute atomic E-state index is 12.0. The number of para-hydroxylation sites is 1. The fourth-order valence-electron chi connectivity index (χ4n) is 5.38. The molecule has 46 heavy (non-hydrogen) atoms. The Kier molecular flexibility index (Phi) is 15.1. The van der Waals surface area contributed by atoms with E-state index in [0.29, 0.717) is 38.9 Å². The quantitative estimate of drug-likeness (QED) is 0.164. The Bertz CT molecular complexity index is 1610. The number of carbonyl (C=O) groups excluding carboxylic acids is 2. The molecule has 0 aliphatic carbocycles. The maximum atomic E-state index is 12.0. The topological polar surface area (TPSA) is 228 Å². The van der Waals surface area contributed by atoms with Gasteiger partial charge in [-0.25, -0.2) is 0 Å². The summed E-state index contributed by atoms with van der Waals surface area (Å²) in [7, 11) is -8.18. The van der Waals surface area contributed by atoms with Crippen LogP contribution >= 0.6 is 0 Å². The van der Waals surface area contributed by atoms with Crippen molar-refractivity contribution < 1.29 is 64.1 Å². The van der Waals surface area contributed by atoms with Gasteiger partial charge in [-0.05, 0) is 41.8 Å². The van der Waals surface area contributed by atoms with Crippen LogP contribution in [-0.4, -0.2) is 84.5 Å². The van der Waals surface area contributed by atoms with Gasteiger partial charge in [0, 0.05) is 96.6 Å². The summed E-state index contributed by atoms with van der Waals surface area (Å²) in [5, 5.41) is 9.12. The first kappa shape index (κ1) is 40.8. The van der Waals surface area contributed by atoms with Crippen LogP contribution in [0.1, 0.15) is 49.8 Å². The van der Waals surface area contributed by atoms with Crippen molar-refractivity contribution in [2.24, 2.45) is 0 Å². The number of anilines is 2. The van der Waals surface area contributed by atoms with E-state index in [1.165, 1.54) is 16.2 Å². The number of hydrogen-bond acceptors (Lipinski definition) is 13. The van der Waals surface area contributed by atoms with Crippen molar-refractivity contribution in [3.05, 3.63) is 65.2 Å². The molecule has 0 spiro atoms. The zero-order valence-corrected chi connectivity index (χ0v) is 30.5. The van der Waals surface area contributed by atoms with E-state index in [1.807, 2.05) is 0 Å². The summed E-state index contributed by atoms with van der Waals surface area (Å²) in [6, 6.07) is 17.4. The van der Waals surface area contributed by atoms with Gasteiger partial charge in [0.1, 0.15) is 0 Å². The van der Waals surface area contributed by atoms with E-state index < -0.39 is 20.8 Å². The third kappa shape index (κ3) is 12.5. The summed E-state index contributed by atoms with van der Waals surface area (Å²) in [4.78, 5) is 29.8. The average molecular weight is 728 g/mol. The standard InChI is InChI=1S/C29H34N4O2.2H2O4S.Zn/c1-21-20-23(32(17-7-16-30)18-19-33-27(34)14-15-28(33)35)12-10-22(21)11-13-26-29(2,3)24-8-5-6-9-25(24)31(26)4;2*1-5(2,3)4;/h5-6,8-13,20,26H,7,14-15,17-19H2,1-4H3;2*(H2,1,2,3,4);/p-4/b13-11+;;;. The summed E-state index contributed by atoms with van der Waals surface area (Å²) in [6.45, 7) is 8.12. The number of aryl methyl sites for hydroxylation is 1. The van der Waals surface area contributed by atoms with Gasteiger partial charge >= 0.3 is 0 Å². The summed E-state index contributed by atoms with van der Waals surface area (Å²) >= 11 is 0. The Morgan fingerprint density at radius 2 is 1.52 bits per heavy atom. The molecule has 1 atom stereocenters. The van der Waals surface area contributed by atoms with E-state index in [1.54, 1.807) is 0 Å². The summed E-state index contributed by atoms with van der Waals surface area (Å²) in [5.41, 5.74) is 5.95. The Hall–Kier alpha value is -3.23. The summed E-state index contributed by atoms with van der Waals surface area (Å²) in [6.07, 6.45) is 5.48. The van der Waals surface area contributed by atoms with Gasteiger partial charge in [-0.1, -0.05) is 50.3 Å². The first-order valence-electron chi connectivity index (χ1n) is 13.6. The van der Waals surface area contributed by atoms with Gasteiger partial charge in [0.05, 0.1) is 18.5 Å². The average Bonchev–Trinajstić information content (AvgIpc) is 3.33. The van der Waals surface area contributed by atoms with Gasteiger partial charge in [0.2, 0.25) is 11.8 Å². The molecular weight excluding hydrogens is 694 g/mol. The predicted octanol–water partition coefficient (Wildman–Crippen LogP) is 2.00. The molecule has 0 saturated carbocycles. The number of fused-ring (bicyclic) bond motifs is 1. The molecule has 2 aromatic rings. The molecule has 2 aromatic carbocycles. The minimum absolute atomic E-state index is 0. The van der Waals surface area contributed by atoms with Crippen LogP contribution < -0.4 is 9.80 Å². The zero-order chi connectivity index (χ0) is 34.2. The van der Waals surface area contributed by atoms with Gasteiger partial charge in [-0.2, -0.15) is 5.26 Å². The molecule has 1 unspecified atom stereocenters. The zero-order valence-electron chi connectivity index (χ0n) is 25.9. The van der Waals surface area contributed by atoms with Crippen molar-refractivity contribution in [3.63, 3.8) is 0 Å². The molecule has 17 heteroatoms. The Morgan fingerprint density at radius 1 is 0.978 bits per heavy atom. The molecule has 14 nitrogen and oxygen atoms in total. The van der Waals surface area contributed by atoms with Gasteiger partial charge in [0.25, 0.3) is 0 Å². The first-order valence-corrected chi connectivity index (χ1v) is 16.3. The van der Waals surface area contributed by atoms with Gasteiger partial charge in [0.15, 0.2) is 0 Å². The number of imide groups is 1. The minimum atomic E-state index is -5.17. The Labute approximate surface area is 282 Å². The normalized spacial score (nSPS) is 16.9. The van der Waals surface area contributed by atoms with E-state index in [0.717, 1.165) is 16.8 Å². The second kappa shape index (κ2) is 17.1. The smallest absolute Gasteiger partial charge is 0.229 e. The third-order valence-corrected chi connectivity index (χ3v) is 7.45. The molecule has 2 aliphatic heterocycles. The minimum Gasteiger partial charge on any atom is -0.759 e. The molecule has 1 fully saturated rings. The number of nitrogens with zero attached hydrogens (tertiary/aromatic N) is 4. The molecule has 0 aromatic heterocycles. The van der Waals surface area contributed by atoms with E-state index in [4.69, 9.17) is 40.3 Å². The maximum Gasteiger partial charge on any atom is 0.229 e. The van der Waals surface area contributed by atoms with Crippen LogP contribution in [0.4, 0.5) is 11.4 Å². The van der Waals surface area contributed by atoms with Crippen LogP contribution in [-0.2, 0) is 55.3 Å². The van der Waals surface area contributed by atoms with Crippen molar-refractivity contribution in [3.8, 4) is 6.07 Å². The van der Waals surface area contributed by atoms with Gasteiger partial charge < -0.3 is 28.0 Å². The molecule has 248 valence electrons. The molecule has 4 rings (SSSR count). The number of likely N-dealkylation sites (tertiary alicyclic amines) is 1. The second-order valence-corrected chi connectivity index (χ2v) is 12.5. The number of likely N-dealkylation sites (N-methyl/N-ethyl adjacent to an activating group) is 1. The van der Waals surface area contributed by atoms with Crippen LogP contribution in [0.3, 0.4) is 0 Å². The number of rotatable bonds is 8. The predicted molar refractivity (Wildman–Crippen MR) is 161 cm³/mol. The van der Waals surface area contributed by atoms with Crippen LogP contribution in [0.2, 0.25) is 0 Å². The van der Waals surface area contributed by atoms with Crippen LogP contribution in [0.5, 0.6) is 0 Å². The number of nitriles is 1. The van der Waals surface area contributed by atoms with E-state index in [9.17, 15) is 9.59 Å². The molecule has 0 bridgehead atoms. The van der Waals surface area contributed by atoms with Crippen molar-refractivity contribution in [1.29, 1.82) is 5.26 Å². The van der Waals surface area contributed by atoms with Crippen molar-refractivity contribution in [2.45, 2.75) is 51.5 Å². The fourth-order valence-corrected chi connectivity index (χ4v) is 5.38. The second-order valence-electron chi connectivity index (χ2n) is 10.8. The molecular formula is C29H34N4O10S2Zn-4. The summed E-state index contributed by atoms with van der Waals surface area (Å²) in [5.74, 6) is -0.206. The van der Waals surface area contributed by atoms with Crippen molar-refractivity contribution in [1.82, 2.24) is 4.90 Å². The Morgan fingerprint density at radius 3 is 2.02 bits per heavy atom. The van der Waals surface area contributed by atoms with Gasteiger partial charge in [-0.15, -0.1) is 0 Å². The van der Waals surface area contributed by atoms with E-state index in [-0.39, 0.29) is 42.7 Å². The molecule has 2 amide bonds. The number of carbonyl (C=O) groups is 2. The molecule has 1 saturated heterocycles. The van der Waals surface area contributed by atoms with Crippen molar-refractivity contribution >= 4 is 50.1 Å². The fraction of sp³-hybridized carbons (Fsp3) is 0.414. The number of hydrogen-bond donors (Lipinski definition) is 0.